The zero-order chi connectivity index (χ0) is 22.9. The molecule has 8 nitrogen and oxygen atoms in total. The monoisotopic (exact) mass is 448 g/mol. The van der Waals surface area contributed by atoms with Crippen LogP contribution in [0, 0.1) is 10.1 Å². The first-order valence-corrected chi connectivity index (χ1v) is 10.1. The molecule has 0 aliphatic heterocycles. The number of hydrogen-bond donors (Lipinski definition) is 3. The van der Waals surface area contributed by atoms with Crippen LogP contribution in [-0.2, 0) is 6.42 Å². The van der Waals surface area contributed by atoms with Gasteiger partial charge in [-0.2, -0.15) is 0 Å². The summed E-state index contributed by atoms with van der Waals surface area (Å²) in [6.45, 7) is 0.471. The summed E-state index contributed by atoms with van der Waals surface area (Å²) in [6.07, 6.45) is 0.700. The molecular weight excluding hydrogens is 428 g/mol. The van der Waals surface area contributed by atoms with E-state index in [1.807, 2.05) is 30.3 Å². The second-order valence-corrected chi connectivity index (χ2v) is 7.16. The van der Waals surface area contributed by atoms with Gasteiger partial charge in [0.15, 0.2) is 5.11 Å². The minimum atomic E-state index is -0.546. The van der Waals surface area contributed by atoms with Gasteiger partial charge in [-0.1, -0.05) is 42.5 Å². The molecule has 0 unspecified atom stereocenters. The van der Waals surface area contributed by atoms with Crippen molar-refractivity contribution in [3.8, 4) is 0 Å². The van der Waals surface area contributed by atoms with Crippen LogP contribution >= 0.6 is 12.2 Å². The van der Waals surface area contributed by atoms with Gasteiger partial charge in [0, 0.05) is 24.2 Å². The smallest absolute Gasteiger partial charge is 0.269 e. The van der Waals surface area contributed by atoms with Crippen molar-refractivity contribution in [1.82, 2.24) is 10.6 Å². The summed E-state index contributed by atoms with van der Waals surface area (Å²) in [6, 6.07) is 21.8. The van der Waals surface area contributed by atoms with E-state index in [1.54, 1.807) is 24.3 Å². The molecule has 0 atom stereocenters. The average molecular weight is 449 g/mol. The van der Waals surface area contributed by atoms with Crippen LogP contribution in [0.2, 0.25) is 0 Å². The summed E-state index contributed by atoms with van der Waals surface area (Å²) >= 11 is 5.19. The molecular formula is C23H20N4O4S. The number of nitro benzene ring substituents is 1. The van der Waals surface area contributed by atoms with Crippen LogP contribution in [-0.4, -0.2) is 28.4 Å². The van der Waals surface area contributed by atoms with Gasteiger partial charge in [-0.25, -0.2) is 0 Å². The van der Waals surface area contributed by atoms with E-state index in [4.69, 9.17) is 12.2 Å². The highest BCUT2D eigenvalue weighted by atomic mass is 32.1. The van der Waals surface area contributed by atoms with Crippen molar-refractivity contribution in [3.63, 3.8) is 0 Å². The molecule has 0 fully saturated rings. The number of para-hydroxylation sites is 1. The molecule has 0 aromatic heterocycles. The van der Waals surface area contributed by atoms with Crippen LogP contribution < -0.4 is 16.0 Å². The zero-order valence-electron chi connectivity index (χ0n) is 16.9. The van der Waals surface area contributed by atoms with Crippen molar-refractivity contribution in [1.29, 1.82) is 0 Å². The number of benzene rings is 3. The number of nitrogens with zero attached hydrogens (tertiary/aromatic N) is 1. The molecule has 0 aliphatic carbocycles. The third-order valence-electron chi connectivity index (χ3n) is 4.53. The van der Waals surface area contributed by atoms with Crippen molar-refractivity contribution >= 4 is 40.5 Å². The Hall–Kier alpha value is -4.11. The van der Waals surface area contributed by atoms with Crippen LogP contribution in [0.25, 0.3) is 0 Å². The Kier molecular flexibility index (Phi) is 7.60. The fourth-order valence-corrected chi connectivity index (χ4v) is 3.12. The van der Waals surface area contributed by atoms with Gasteiger partial charge in [0.1, 0.15) is 0 Å². The molecule has 3 rings (SSSR count). The molecule has 0 spiro atoms. The lowest BCUT2D eigenvalue weighted by Crippen LogP contribution is -2.35. The lowest BCUT2D eigenvalue weighted by molar-refractivity contribution is -0.384. The van der Waals surface area contributed by atoms with Gasteiger partial charge in [-0.05, 0) is 48.5 Å². The number of carbonyl (C=O) groups is 2. The summed E-state index contributed by atoms with van der Waals surface area (Å²) in [5, 5.41) is 19.0. The predicted octanol–water partition coefficient (Wildman–Crippen LogP) is 3.69. The van der Waals surface area contributed by atoms with Crippen LogP contribution in [0.4, 0.5) is 11.4 Å². The molecule has 3 aromatic rings. The fourth-order valence-electron chi connectivity index (χ4n) is 2.91. The van der Waals surface area contributed by atoms with Crippen LogP contribution in [0.1, 0.15) is 26.3 Å². The second kappa shape index (κ2) is 10.8. The molecule has 0 bridgehead atoms. The van der Waals surface area contributed by atoms with E-state index < -0.39 is 10.8 Å². The third-order valence-corrected chi connectivity index (χ3v) is 4.73. The maximum atomic E-state index is 12.6. The first-order valence-electron chi connectivity index (χ1n) is 9.72. The normalized spacial score (nSPS) is 10.1. The van der Waals surface area contributed by atoms with Crippen molar-refractivity contribution < 1.29 is 14.5 Å². The van der Waals surface area contributed by atoms with Gasteiger partial charge in [0.05, 0.1) is 16.2 Å². The number of thiocarbonyl (C=S) groups is 1. The molecule has 0 radical (unpaired) electrons. The van der Waals surface area contributed by atoms with Crippen LogP contribution in [0.5, 0.6) is 0 Å². The maximum Gasteiger partial charge on any atom is 0.269 e. The van der Waals surface area contributed by atoms with Crippen molar-refractivity contribution in [2.45, 2.75) is 6.42 Å². The number of carbonyl (C=O) groups excluding carboxylic acids is 2. The van der Waals surface area contributed by atoms with Crippen molar-refractivity contribution in [2.24, 2.45) is 0 Å². The summed E-state index contributed by atoms with van der Waals surface area (Å²) < 4.78 is 0. The summed E-state index contributed by atoms with van der Waals surface area (Å²) in [5.74, 6) is -0.796. The quantitative estimate of drug-likeness (QED) is 0.289. The Bertz CT molecular complexity index is 1130. The number of nitrogens with one attached hydrogen (secondary N) is 3. The SMILES string of the molecule is O=C(NC(=S)Nc1ccccc1C(=O)NCCc1ccccc1)c1ccc([N+](=O)[O-])cc1. The highest BCUT2D eigenvalue weighted by molar-refractivity contribution is 7.80. The van der Waals surface area contributed by atoms with Gasteiger partial charge in [-0.15, -0.1) is 0 Å². The van der Waals surface area contributed by atoms with E-state index in [0.717, 1.165) is 5.56 Å². The number of nitro groups is 1. The average Bonchev–Trinajstić information content (AvgIpc) is 2.80. The Labute approximate surface area is 189 Å². The van der Waals surface area contributed by atoms with E-state index in [1.165, 1.54) is 24.3 Å². The first-order chi connectivity index (χ1) is 15.4. The molecule has 3 aromatic carbocycles. The number of hydrogen-bond acceptors (Lipinski definition) is 5. The lowest BCUT2D eigenvalue weighted by atomic mass is 10.1. The van der Waals surface area contributed by atoms with Crippen molar-refractivity contribution in [3.05, 3.63) is 106 Å². The number of amides is 2. The first kappa shape index (κ1) is 22.6. The van der Waals surface area contributed by atoms with Gasteiger partial charge in [0.25, 0.3) is 17.5 Å². The predicted molar refractivity (Wildman–Crippen MR) is 126 cm³/mol. The standard InChI is InChI=1S/C23H20N4O4S/c28-21(17-10-12-18(13-11-17)27(30)31)26-23(32)25-20-9-5-4-8-19(20)22(29)24-15-14-16-6-2-1-3-7-16/h1-13H,14-15H2,(H,24,29)(H2,25,26,28,32). The van der Waals surface area contributed by atoms with Gasteiger partial charge < -0.3 is 10.6 Å². The van der Waals surface area contributed by atoms with Gasteiger partial charge in [-0.3, -0.25) is 25.0 Å². The highest BCUT2D eigenvalue weighted by Crippen LogP contribution is 2.15. The van der Waals surface area contributed by atoms with Crippen LogP contribution in [0.3, 0.4) is 0 Å². The number of non-ortho nitro benzene ring substituents is 1. The molecule has 0 saturated carbocycles. The minimum Gasteiger partial charge on any atom is -0.352 e. The fraction of sp³-hybridized carbons (Fsp3) is 0.0870. The van der Waals surface area contributed by atoms with E-state index in [2.05, 4.69) is 16.0 Å². The Morgan fingerprint density at radius 1 is 0.875 bits per heavy atom. The molecule has 32 heavy (non-hydrogen) atoms. The van der Waals surface area contributed by atoms with Crippen LogP contribution in [0.15, 0.2) is 78.9 Å². The summed E-state index contributed by atoms with van der Waals surface area (Å²) in [4.78, 5) is 35.1. The largest absolute Gasteiger partial charge is 0.352 e. The summed E-state index contributed by atoms with van der Waals surface area (Å²) in [7, 11) is 0. The Morgan fingerprint density at radius 2 is 1.53 bits per heavy atom. The maximum absolute atomic E-state index is 12.6. The number of anilines is 1. The van der Waals surface area contributed by atoms with E-state index in [0.29, 0.717) is 24.2 Å². The molecule has 0 heterocycles. The van der Waals surface area contributed by atoms with Crippen molar-refractivity contribution in [2.75, 3.05) is 11.9 Å². The van der Waals surface area contributed by atoms with E-state index in [9.17, 15) is 19.7 Å². The van der Waals surface area contributed by atoms with E-state index in [-0.39, 0.29) is 22.3 Å². The summed E-state index contributed by atoms with van der Waals surface area (Å²) in [5.41, 5.74) is 2.04. The molecule has 2 amide bonds. The molecule has 0 aliphatic rings. The second-order valence-electron chi connectivity index (χ2n) is 6.75. The lowest BCUT2D eigenvalue weighted by Gasteiger charge is -2.13. The van der Waals surface area contributed by atoms with Gasteiger partial charge in [0.2, 0.25) is 0 Å². The minimum absolute atomic E-state index is 0.00196. The number of rotatable bonds is 7. The highest BCUT2D eigenvalue weighted by Gasteiger charge is 2.14. The Morgan fingerprint density at radius 3 is 2.22 bits per heavy atom. The van der Waals surface area contributed by atoms with E-state index >= 15 is 0 Å². The topological polar surface area (TPSA) is 113 Å². The molecule has 3 N–H and O–H groups in total. The Balaban J connectivity index is 1.58. The molecule has 162 valence electrons. The van der Waals surface area contributed by atoms with Gasteiger partial charge >= 0.3 is 0 Å². The zero-order valence-corrected chi connectivity index (χ0v) is 17.7. The molecule has 9 heteroatoms. The third kappa shape index (κ3) is 6.19. The molecule has 0 saturated heterocycles.